The molecule has 20 heavy (non-hydrogen) atoms. The quantitative estimate of drug-likeness (QED) is 0.942. The summed E-state index contributed by atoms with van der Waals surface area (Å²) >= 11 is 5.85. The van der Waals surface area contributed by atoms with Gasteiger partial charge < -0.3 is 5.32 Å². The fraction of sp³-hybridized carbons (Fsp3) is 0.143. The smallest absolute Gasteiger partial charge is 0.253 e. The molecule has 1 atom stereocenters. The van der Waals surface area contributed by atoms with Gasteiger partial charge in [0.15, 0.2) is 0 Å². The summed E-state index contributed by atoms with van der Waals surface area (Å²) in [6, 6.07) is 4.06. The number of carbonyl (C=O) groups excluding carboxylic acids is 1. The molecule has 2 aromatic rings. The third-order valence-electron chi connectivity index (χ3n) is 2.79. The van der Waals surface area contributed by atoms with Gasteiger partial charge in [-0.15, -0.1) is 0 Å². The first-order chi connectivity index (χ1) is 9.49. The molecule has 0 radical (unpaired) electrons. The first-order valence-electron chi connectivity index (χ1n) is 5.84. The molecule has 0 spiro atoms. The van der Waals surface area contributed by atoms with E-state index in [1.54, 1.807) is 6.92 Å². The Balaban J connectivity index is 2.17. The second-order valence-electron chi connectivity index (χ2n) is 4.22. The molecule has 1 unspecified atom stereocenters. The minimum atomic E-state index is -0.710. The van der Waals surface area contributed by atoms with Crippen molar-refractivity contribution in [2.45, 2.75) is 13.0 Å². The van der Waals surface area contributed by atoms with E-state index in [-0.39, 0.29) is 16.1 Å². The van der Waals surface area contributed by atoms with Crippen molar-refractivity contribution in [3.8, 4) is 0 Å². The predicted molar refractivity (Wildman–Crippen MR) is 71.5 cm³/mol. The zero-order valence-corrected chi connectivity index (χ0v) is 11.3. The summed E-state index contributed by atoms with van der Waals surface area (Å²) in [6.07, 6.45) is 2.78. The molecule has 0 aliphatic heterocycles. The first kappa shape index (κ1) is 14.4. The van der Waals surface area contributed by atoms with E-state index in [1.165, 1.54) is 24.5 Å². The lowest BCUT2D eigenvalue weighted by molar-refractivity contribution is 0.0939. The van der Waals surface area contributed by atoms with E-state index in [4.69, 9.17) is 11.6 Å². The van der Waals surface area contributed by atoms with Crippen LogP contribution in [-0.4, -0.2) is 10.9 Å². The molecule has 3 nitrogen and oxygen atoms in total. The van der Waals surface area contributed by atoms with Crippen LogP contribution in [0.5, 0.6) is 0 Å². The normalized spacial score (nSPS) is 12.0. The lowest BCUT2D eigenvalue weighted by Gasteiger charge is -2.15. The van der Waals surface area contributed by atoms with Crippen molar-refractivity contribution >= 4 is 17.5 Å². The molecule has 0 saturated heterocycles. The summed E-state index contributed by atoms with van der Waals surface area (Å²) in [5.41, 5.74) is 0.445. The lowest BCUT2D eigenvalue weighted by Crippen LogP contribution is -2.27. The molecule has 1 amide bonds. The Morgan fingerprint density at radius 1 is 1.35 bits per heavy atom. The van der Waals surface area contributed by atoms with E-state index >= 15 is 0 Å². The zero-order chi connectivity index (χ0) is 14.7. The van der Waals surface area contributed by atoms with Crippen LogP contribution >= 0.6 is 11.6 Å². The van der Waals surface area contributed by atoms with Crippen molar-refractivity contribution in [3.05, 3.63) is 64.4 Å². The highest BCUT2D eigenvalue weighted by atomic mass is 35.5. The van der Waals surface area contributed by atoms with Crippen LogP contribution in [0.1, 0.15) is 28.9 Å². The maximum absolute atomic E-state index is 13.6. The summed E-state index contributed by atoms with van der Waals surface area (Å²) in [4.78, 5) is 15.8. The topological polar surface area (TPSA) is 42.0 Å². The standard InChI is InChI=1S/C14H11ClF2N2O/c1-8(10-3-2-9(16)6-13(10)17)19-14(20)11-4-5-18-7-12(11)15/h2-8H,1H3,(H,19,20). The minimum Gasteiger partial charge on any atom is -0.345 e. The fourth-order valence-electron chi connectivity index (χ4n) is 1.76. The van der Waals surface area contributed by atoms with Crippen LogP contribution in [0.25, 0.3) is 0 Å². The molecule has 2 rings (SSSR count). The Morgan fingerprint density at radius 3 is 2.75 bits per heavy atom. The average Bonchev–Trinajstić information content (AvgIpc) is 2.38. The van der Waals surface area contributed by atoms with Crippen LogP contribution in [0.4, 0.5) is 8.78 Å². The largest absolute Gasteiger partial charge is 0.345 e. The molecular formula is C14H11ClF2N2O. The lowest BCUT2D eigenvalue weighted by atomic mass is 10.1. The van der Waals surface area contributed by atoms with Gasteiger partial charge in [0.1, 0.15) is 11.6 Å². The molecular weight excluding hydrogens is 286 g/mol. The van der Waals surface area contributed by atoms with Gasteiger partial charge in [0.05, 0.1) is 16.6 Å². The molecule has 0 aliphatic rings. The van der Waals surface area contributed by atoms with Gasteiger partial charge in [-0.05, 0) is 19.1 Å². The van der Waals surface area contributed by atoms with Gasteiger partial charge in [0.25, 0.3) is 5.91 Å². The van der Waals surface area contributed by atoms with Gasteiger partial charge in [-0.2, -0.15) is 0 Å². The van der Waals surface area contributed by atoms with E-state index in [2.05, 4.69) is 10.3 Å². The first-order valence-corrected chi connectivity index (χ1v) is 6.22. The summed E-state index contributed by atoms with van der Waals surface area (Å²) in [6.45, 7) is 1.60. The Labute approximate surface area is 119 Å². The van der Waals surface area contributed by atoms with Crippen LogP contribution in [0.15, 0.2) is 36.7 Å². The molecule has 104 valence electrons. The average molecular weight is 297 g/mol. The minimum absolute atomic E-state index is 0.199. The number of aromatic nitrogens is 1. The van der Waals surface area contributed by atoms with E-state index < -0.39 is 23.6 Å². The van der Waals surface area contributed by atoms with Crippen molar-refractivity contribution in [2.24, 2.45) is 0 Å². The number of hydrogen-bond donors (Lipinski definition) is 1. The van der Waals surface area contributed by atoms with E-state index in [0.29, 0.717) is 0 Å². The SMILES string of the molecule is CC(NC(=O)c1ccncc1Cl)c1ccc(F)cc1F. The highest BCUT2D eigenvalue weighted by Crippen LogP contribution is 2.19. The van der Waals surface area contributed by atoms with Crippen molar-refractivity contribution in [1.29, 1.82) is 0 Å². The molecule has 0 saturated carbocycles. The Hall–Kier alpha value is -2.01. The van der Waals surface area contributed by atoms with Crippen molar-refractivity contribution in [2.75, 3.05) is 0 Å². The number of hydrogen-bond acceptors (Lipinski definition) is 2. The Morgan fingerprint density at radius 2 is 2.10 bits per heavy atom. The maximum atomic E-state index is 13.6. The van der Waals surface area contributed by atoms with Gasteiger partial charge in [0, 0.05) is 24.0 Å². The maximum Gasteiger partial charge on any atom is 0.253 e. The molecule has 0 fully saturated rings. The highest BCUT2D eigenvalue weighted by Gasteiger charge is 2.16. The molecule has 0 bridgehead atoms. The second kappa shape index (κ2) is 5.96. The van der Waals surface area contributed by atoms with Crippen molar-refractivity contribution < 1.29 is 13.6 Å². The van der Waals surface area contributed by atoms with Crippen LogP contribution in [0.3, 0.4) is 0 Å². The summed E-state index contributed by atoms with van der Waals surface area (Å²) in [5, 5.41) is 2.81. The number of carbonyl (C=O) groups is 1. The molecule has 1 heterocycles. The van der Waals surface area contributed by atoms with Gasteiger partial charge in [-0.25, -0.2) is 8.78 Å². The number of pyridine rings is 1. The van der Waals surface area contributed by atoms with Crippen molar-refractivity contribution in [1.82, 2.24) is 10.3 Å². The summed E-state index contributed by atoms with van der Waals surface area (Å²) < 4.78 is 26.4. The number of rotatable bonds is 3. The fourth-order valence-corrected chi connectivity index (χ4v) is 1.97. The third-order valence-corrected chi connectivity index (χ3v) is 3.09. The van der Waals surface area contributed by atoms with Crippen molar-refractivity contribution in [3.63, 3.8) is 0 Å². The number of halogens is 3. The molecule has 1 aromatic carbocycles. The second-order valence-corrected chi connectivity index (χ2v) is 4.62. The molecule has 6 heteroatoms. The predicted octanol–water partition coefficient (Wildman–Crippen LogP) is 3.50. The Bertz CT molecular complexity index is 649. The molecule has 1 N–H and O–H groups in total. The molecule has 0 aliphatic carbocycles. The highest BCUT2D eigenvalue weighted by molar-refractivity contribution is 6.33. The zero-order valence-electron chi connectivity index (χ0n) is 10.5. The summed E-state index contributed by atoms with van der Waals surface area (Å²) in [7, 11) is 0. The monoisotopic (exact) mass is 296 g/mol. The number of nitrogens with one attached hydrogen (secondary N) is 1. The van der Waals surface area contributed by atoms with E-state index in [0.717, 1.165) is 12.1 Å². The van der Waals surface area contributed by atoms with Gasteiger partial charge in [-0.1, -0.05) is 17.7 Å². The van der Waals surface area contributed by atoms with Crippen LogP contribution < -0.4 is 5.32 Å². The number of benzene rings is 1. The Kier molecular flexibility index (Phi) is 4.29. The summed E-state index contributed by atoms with van der Waals surface area (Å²) in [5.74, 6) is -1.82. The third kappa shape index (κ3) is 3.11. The molecule has 1 aromatic heterocycles. The van der Waals surface area contributed by atoms with Gasteiger partial charge >= 0.3 is 0 Å². The van der Waals surface area contributed by atoms with Gasteiger partial charge in [-0.3, -0.25) is 9.78 Å². The number of amides is 1. The van der Waals surface area contributed by atoms with Crippen LogP contribution in [-0.2, 0) is 0 Å². The van der Waals surface area contributed by atoms with Gasteiger partial charge in [0.2, 0.25) is 0 Å². The van der Waals surface area contributed by atoms with E-state index in [9.17, 15) is 13.6 Å². The van der Waals surface area contributed by atoms with Crippen LogP contribution in [0.2, 0.25) is 5.02 Å². The van der Waals surface area contributed by atoms with E-state index in [1.807, 2.05) is 0 Å². The van der Waals surface area contributed by atoms with Crippen LogP contribution in [0, 0.1) is 11.6 Å². The number of nitrogens with zero attached hydrogens (tertiary/aromatic N) is 1.